The Labute approximate surface area is 192 Å². The standard InChI is InChI=1S/C25H27N5O3/c1-29(2)16-8-6-15(7-9-16)23-22-24(28-27-23)18-4-3-5-19(21(18)25(22)33)26-20(32)14-30-12-10-17(31)11-13-30/h3-9,17,24,31H,10-14H2,1-2H3,(H,26,32). The van der Waals surface area contributed by atoms with Crippen molar-refractivity contribution in [3.05, 3.63) is 64.7 Å². The van der Waals surface area contributed by atoms with Crippen molar-refractivity contribution in [3.63, 3.8) is 0 Å². The number of carbonyl (C=O) groups is 2. The van der Waals surface area contributed by atoms with Crippen LogP contribution in [0.2, 0.25) is 0 Å². The molecule has 2 aliphatic heterocycles. The van der Waals surface area contributed by atoms with E-state index in [-0.39, 0.29) is 24.3 Å². The number of hydrogen-bond donors (Lipinski definition) is 2. The molecule has 8 nitrogen and oxygen atoms in total. The number of anilines is 2. The van der Waals surface area contributed by atoms with Crippen LogP contribution in [0.25, 0.3) is 5.70 Å². The summed E-state index contributed by atoms with van der Waals surface area (Å²) in [5, 5.41) is 21.3. The lowest BCUT2D eigenvalue weighted by molar-refractivity contribution is -0.117. The lowest BCUT2D eigenvalue weighted by Crippen LogP contribution is -2.40. The van der Waals surface area contributed by atoms with Crippen LogP contribution in [-0.2, 0) is 4.79 Å². The number of benzene rings is 2. The number of ketones is 1. The lowest BCUT2D eigenvalue weighted by atomic mass is 10.0. The third-order valence-corrected chi connectivity index (χ3v) is 6.52. The molecule has 1 amide bonds. The maximum atomic E-state index is 13.5. The molecule has 0 bridgehead atoms. The average molecular weight is 446 g/mol. The van der Waals surface area contributed by atoms with Crippen LogP contribution in [0.5, 0.6) is 0 Å². The number of aliphatic hydroxyl groups is 1. The van der Waals surface area contributed by atoms with Gasteiger partial charge in [0.25, 0.3) is 0 Å². The number of amides is 1. The van der Waals surface area contributed by atoms with Gasteiger partial charge in [-0.3, -0.25) is 14.5 Å². The Morgan fingerprint density at radius 3 is 2.58 bits per heavy atom. The minimum Gasteiger partial charge on any atom is -0.393 e. The van der Waals surface area contributed by atoms with Gasteiger partial charge in [-0.2, -0.15) is 10.2 Å². The van der Waals surface area contributed by atoms with Gasteiger partial charge in [0.15, 0.2) is 5.78 Å². The Morgan fingerprint density at radius 1 is 1.15 bits per heavy atom. The number of rotatable bonds is 5. The first-order valence-corrected chi connectivity index (χ1v) is 11.2. The van der Waals surface area contributed by atoms with Gasteiger partial charge in [-0.05, 0) is 36.6 Å². The molecule has 0 saturated carbocycles. The molecule has 2 N–H and O–H groups in total. The Kier molecular flexibility index (Phi) is 5.55. The molecule has 5 rings (SSSR count). The first-order valence-electron chi connectivity index (χ1n) is 11.2. The summed E-state index contributed by atoms with van der Waals surface area (Å²) in [5.41, 5.74) is 4.86. The van der Waals surface area contributed by atoms with E-state index in [1.807, 2.05) is 60.3 Å². The second-order valence-electron chi connectivity index (χ2n) is 8.98. The van der Waals surface area contributed by atoms with Crippen molar-refractivity contribution in [2.24, 2.45) is 10.2 Å². The summed E-state index contributed by atoms with van der Waals surface area (Å²) in [6.45, 7) is 1.61. The number of nitrogens with one attached hydrogen (secondary N) is 1. The molecule has 33 heavy (non-hydrogen) atoms. The second kappa shape index (κ2) is 8.53. The highest BCUT2D eigenvalue weighted by Crippen LogP contribution is 2.49. The van der Waals surface area contributed by atoms with Crippen LogP contribution in [0, 0.1) is 0 Å². The topological polar surface area (TPSA) is 97.6 Å². The van der Waals surface area contributed by atoms with Crippen LogP contribution in [0.4, 0.5) is 11.4 Å². The highest BCUT2D eigenvalue weighted by molar-refractivity contribution is 6.22. The van der Waals surface area contributed by atoms with E-state index in [1.165, 1.54) is 0 Å². The first-order chi connectivity index (χ1) is 15.9. The van der Waals surface area contributed by atoms with Gasteiger partial charge in [-0.1, -0.05) is 24.3 Å². The summed E-state index contributed by atoms with van der Waals surface area (Å²) >= 11 is 0. The molecule has 3 aliphatic rings. The van der Waals surface area contributed by atoms with Crippen molar-refractivity contribution in [2.45, 2.75) is 25.0 Å². The predicted octanol–water partition coefficient (Wildman–Crippen LogP) is 3.26. The molecular weight excluding hydrogens is 418 g/mol. The van der Waals surface area contributed by atoms with Crippen molar-refractivity contribution >= 4 is 28.8 Å². The lowest BCUT2D eigenvalue weighted by Gasteiger charge is -2.28. The van der Waals surface area contributed by atoms with Gasteiger partial charge in [0.1, 0.15) is 11.7 Å². The fourth-order valence-electron chi connectivity index (χ4n) is 4.70. The van der Waals surface area contributed by atoms with Crippen LogP contribution in [-0.4, -0.2) is 61.5 Å². The van der Waals surface area contributed by atoms with E-state index in [9.17, 15) is 14.7 Å². The van der Waals surface area contributed by atoms with Crippen LogP contribution in [0.3, 0.4) is 0 Å². The van der Waals surface area contributed by atoms with Gasteiger partial charge >= 0.3 is 0 Å². The number of azo groups is 1. The van der Waals surface area contributed by atoms with E-state index in [1.54, 1.807) is 6.07 Å². The average Bonchev–Trinajstić information content (AvgIpc) is 3.36. The third-order valence-electron chi connectivity index (χ3n) is 6.52. The minimum atomic E-state index is -0.434. The summed E-state index contributed by atoms with van der Waals surface area (Å²) in [6.07, 6.45) is 1.06. The quantitative estimate of drug-likeness (QED) is 0.736. The summed E-state index contributed by atoms with van der Waals surface area (Å²) in [6, 6.07) is 12.9. The minimum absolute atomic E-state index is 0.135. The highest BCUT2D eigenvalue weighted by Gasteiger charge is 2.42. The van der Waals surface area contributed by atoms with Gasteiger partial charge < -0.3 is 15.3 Å². The maximum Gasteiger partial charge on any atom is 0.238 e. The highest BCUT2D eigenvalue weighted by atomic mass is 16.3. The normalized spacial score (nSPS) is 20.2. The molecule has 1 fully saturated rings. The van der Waals surface area contributed by atoms with E-state index in [2.05, 4.69) is 15.5 Å². The zero-order valence-corrected chi connectivity index (χ0v) is 18.8. The molecule has 2 aromatic rings. The summed E-state index contributed by atoms with van der Waals surface area (Å²) in [7, 11) is 3.95. The van der Waals surface area contributed by atoms with Gasteiger partial charge in [0.2, 0.25) is 5.91 Å². The van der Waals surface area contributed by atoms with Crippen molar-refractivity contribution in [1.82, 2.24) is 4.90 Å². The largest absolute Gasteiger partial charge is 0.393 e. The number of likely N-dealkylation sites (tertiary alicyclic amines) is 1. The Hall–Kier alpha value is -3.36. The molecular formula is C25H27N5O3. The number of fused-ring (bicyclic) bond motifs is 3. The Morgan fingerprint density at radius 2 is 1.88 bits per heavy atom. The van der Waals surface area contributed by atoms with E-state index < -0.39 is 6.04 Å². The Balaban J connectivity index is 1.39. The summed E-state index contributed by atoms with van der Waals surface area (Å²) in [4.78, 5) is 30.2. The SMILES string of the molecule is CN(C)c1ccc(C2=C3C(=O)c4c(NC(=O)CN5CCC(O)CC5)cccc4C3N=N2)cc1. The number of aliphatic hydroxyl groups excluding tert-OH is 1. The predicted molar refractivity (Wildman–Crippen MR) is 126 cm³/mol. The molecule has 170 valence electrons. The molecule has 0 aromatic heterocycles. The fraction of sp³-hybridized carbons (Fsp3) is 0.360. The van der Waals surface area contributed by atoms with E-state index in [0.717, 1.165) is 16.8 Å². The zero-order chi connectivity index (χ0) is 23.1. The molecule has 2 aromatic carbocycles. The number of hydrogen-bond acceptors (Lipinski definition) is 7. The van der Waals surface area contributed by atoms with Gasteiger partial charge in [-0.25, -0.2) is 0 Å². The molecule has 2 heterocycles. The summed E-state index contributed by atoms with van der Waals surface area (Å²) in [5.74, 6) is -0.302. The molecule has 1 atom stereocenters. The van der Waals surface area contributed by atoms with Crippen LogP contribution in [0.1, 0.15) is 40.4 Å². The first kappa shape index (κ1) is 21.5. The molecule has 1 aliphatic carbocycles. The molecule has 1 saturated heterocycles. The zero-order valence-electron chi connectivity index (χ0n) is 18.8. The summed E-state index contributed by atoms with van der Waals surface area (Å²) < 4.78 is 0. The number of piperidine rings is 1. The van der Waals surface area contributed by atoms with E-state index in [0.29, 0.717) is 48.5 Å². The van der Waals surface area contributed by atoms with Gasteiger partial charge in [-0.15, -0.1) is 0 Å². The fourth-order valence-corrected chi connectivity index (χ4v) is 4.70. The van der Waals surface area contributed by atoms with E-state index in [4.69, 9.17) is 0 Å². The second-order valence-corrected chi connectivity index (χ2v) is 8.98. The third kappa shape index (κ3) is 3.96. The van der Waals surface area contributed by atoms with Gasteiger partial charge in [0, 0.05) is 38.4 Å². The van der Waals surface area contributed by atoms with Crippen molar-refractivity contribution in [3.8, 4) is 0 Å². The Bertz CT molecular complexity index is 1160. The molecule has 8 heteroatoms. The van der Waals surface area contributed by atoms with Crippen molar-refractivity contribution in [1.29, 1.82) is 0 Å². The monoisotopic (exact) mass is 445 g/mol. The van der Waals surface area contributed by atoms with Crippen molar-refractivity contribution in [2.75, 3.05) is 43.9 Å². The van der Waals surface area contributed by atoms with Crippen LogP contribution in [0.15, 0.2) is 58.3 Å². The van der Waals surface area contributed by atoms with Crippen molar-refractivity contribution < 1.29 is 14.7 Å². The van der Waals surface area contributed by atoms with Crippen LogP contribution >= 0.6 is 0 Å². The number of Topliss-reactive ketones (excluding diaryl/α,β-unsaturated/α-hetero) is 1. The van der Waals surface area contributed by atoms with Crippen LogP contribution < -0.4 is 10.2 Å². The maximum absolute atomic E-state index is 13.5. The van der Waals surface area contributed by atoms with E-state index >= 15 is 0 Å². The molecule has 1 unspecified atom stereocenters. The molecule has 0 radical (unpaired) electrons. The number of nitrogens with zero attached hydrogens (tertiary/aromatic N) is 4. The smallest absolute Gasteiger partial charge is 0.238 e. The molecule has 0 spiro atoms. The number of carbonyl (C=O) groups excluding carboxylic acids is 2. The van der Waals surface area contributed by atoms with Gasteiger partial charge in [0.05, 0.1) is 29.5 Å².